The largest absolute Gasteiger partial charge is 0.494 e. The second kappa shape index (κ2) is 3.68. The third-order valence-electron chi connectivity index (χ3n) is 2.28. The summed E-state index contributed by atoms with van der Waals surface area (Å²) in [4.78, 5) is 23.0. The van der Waals surface area contributed by atoms with Crippen LogP contribution in [0.25, 0.3) is 0 Å². The summed E-state index contributed by atoms with van der Waals surface area (Å²) < 4.78 is 1.81. The van der Waals surface area contributed by atoms with Crippen molar-refractivity contribution in [2.24, 2.45) is 19.2 Å². The quantitative estimate of drug-likeness (QED) is 0.668. The van der Waals surface area contributed by atoms with E-state index in [9.17, 15) is 14.7 Å². The predicted octanol–water partition coefficient (Wildman–Crippen LogP) is -0.118. The van der Waals surface area contributed by atoms with Crippen LogP contribution in [0.2, 0.25) is 0 Å². The molecule has 1 aromatic heterocycles. The summed E-state index contributed by atoms with van der Waals surface area (Å²) in [6, 6.07) is -0.768. The van der Waals surface area contributed by atoms with Crippen molar-refractivity contribution < 1.29 is 5.11 Å². The molecular weight excluding hydrogens is 200 g/mol. The molecule has 0 radical (unpaired) electrons. The molecule has 1 aromatic rings. The highest BCUT2D eigenvalue weighted by Crippen LogP contribution is 2.20. The van der Waals surface area contributed by atoms with E-state index in [0.29, 0.717) is 0 Å². The van der Waals surface area contributed by atoms with Crippen LogP contribution < -0.4 is 11.2 Å². The maximum Gasteiger partial charge on any atom is 0.333 e. The Balaban J connectivity index is 3.75. The van der Waals surface area contributed by atoms with Crippen molar-refractivity contribution in [2.75, 3.05) is 0 Å². The highest BCUT2D eigenvalue weighted by Gasteiger charge is 2.19. The van der Waals surface area contributed by atoms with Gasteiger partial charge in [-0.05, 0) is 6.92 Å². The molecule has 0 saturated heterocycles. The predicted molar refractivity (Wildman–Crippen MR) is 52.2 cm³/mol. The second-order valence-corrected chi connectivity index (χ2v) is 3.25. The molecule has 0 aromatic carbocycles. The molecule has 0 spiro atoms. The average Bonchev–Trinajstić information content (AvgIpc) is 2.23. The molecule has 0 aliphatic heterocycles. The van der Waals surface area contributed by atoms with Gasteiger partial charge in [0, 0.05) is 14.1 Å². The average molecular weight is 212 g/mol. The standard InChI is InChI=1S/C8H12N4O3/c1-4(10-9)5-6(13)11(2)8(15)12(3)7(5)14/h4,9,13H,1-3H3. The van der Waals surface area contributed by atoms with Crippen molar-refractivity contribution in [3.63, 3.8) is 0 Å². The molecule has 0 aliphatic rings. The van der Waals surface area contributed by atoms with Gasteiger partial charge in [-0.15, -0.1) is 0 Å². The van der Waals surface area contributed by atoms with E-state index >= 15 is 0 Å². The molecule has 0 fully saturated rings. The van der Waals surface area contributed by atoms with Gasteiger partial charge in [-0.1, -0.05) is 0 Å². The van der Waals surface area contributed by atoms with Crippen LogP contribution in [0, 0.1) is 5.53 Å². The van der Waals surface area contributed by atoms with Gasteiger partial charge < -0.3 is 5.11 Å². The maximum absolute atomic E-state index is 11.6. The Morgan fingerprint density at radius 1 is 1.33 bits per heavy atom. The minimum atomic E-state index is -0.768. The summed E-state index contributed by atoms with van der Waals surface area (Å²) in [5.74, 6) is -0.438. The van der Waals surface area contributed by atoms with Crippen molar-refractivity contribution in [1.29, 1.82) is 5.53 Å². The Hall–Kier alpha value is -1.92. The molecule has 0 bridgehead atoms. The van der Waals surface area contributed by atoms with Crippen LogP contribution in [0.4, 0.5) is 0 Å². The van der Waals surface area contributed by atoms with E-state index < -0.39 is 23.2 Å². The normalized spacial score (nSPS) is 12.5. The number of nitrogens with one attached hydrogen (secondary N) is 1. The molecule has 2 N–H and O–H groups in total. The summed E-state index contributed by atoms with van der Waals surface area (Å²) >= 11 is 0. The lowest BCUT2D eigenvalue weighted by Gasteiger charge is -2.11. The Morgan fingerprint density at radius 2 is 1.87 bits per heavy atom. The molecule has 82 valence electrons. The molecule has 7 nitrogen and oxygen atoms in total. The number of nitrogens with zero attached hydrogens (tertiary/aromatic N) is 3. The van der Waals surface area contributed by atoms with Gasteiger partial charge >= 0.3 is 5.69 Å². The first-order chi connectivity index (χ1) is 6.91. The number of hydrogen-bond acceptors (Lipinski definition) is 5. The summed E-state index contributed by atoms with van der Waals surface area (Å²) in [6.07, 6.45) is 0. The first-order valence-corrected chi connectivity index (χ1v) is 4.27. The van der Waals surface area contributed by atoms with Crippen LogP contribution in [0.3, 0.4) is 0 Å². The van der Waals surface area contributed by atoms with Crippen molar-refractivity contribution >= 4 is 0 Å². The number of hydrogen-bond donors (Lipinski definition) is 2. The maximum atomic E-state index is 11.6. The molecule has 1 atom stereocenters. The van der Waals surface area contributed by atoms with Crippen LogP contribution in [0.15, 0.2) is 14.7 Å². The van der Waals surface area contributed by atoms with Crippen molar-refractivity contribution in [3.8, 4) is 5.88 Å². The summed E-state index contributed by atoms with van der Waals surface area (Å²) in [5.41, 5.74) is 5.53. The minimum Gasteiger partial charge on any atom is -0.494 e. The molecule has 1 unspecified atom stereocenters. The van der Waals surface area contributed by atoms with Gasteiger partial charge in [-0.25, -0.2) is 10.3 Å². The number of rotatable bonds is 2. The van der Waals surface area contributed by atoms with Gasteiger partial charge in [-0.3, -0.25) is 13.9 Å². The molecule has 0 saturated carbocycles. The molecule has 7 heteroatoms. The van der Waals surface area contributed by atoms with Crippen LogP contribution in [-0.4, -0.2) is 14.2 Å². The van der Waals surface area contributed by atoms with E-state index in [2.05, 4.69) is 5.11 Å². The summed E-state index contributed by atoms with van der Waals surface area (Å²) in [7, 11) is 2.65. The fourth-order valence-corrected chi connectivity index (χ4v) is 1.29. The highest BCUT2D eigenvalue weighted by atomic mass is 16.3. The van der Waals surface area contributed by atoms with Gasteiger partial charge in [0.05, 0.1) is 0 Å². The molecule has 0 aliphatic carbocycles. The Bertz CT molecular complexity index is 514. The lowest BCUT2D eigenvalue weighted by Crippen LogP contribution is -2.39. The zero-order valence-corrected chi connectivity index (χ0v) is 8.68. The van der Waals surface area contributed by atoms with Crippen molar-refractivity contribution in [2.45, 2.75) is 13.0 Å². The lowest BCUT2D eigenvalue weighted by atomic mass is 10.2. The zero-order valence-electron chi connectivity index (χ0n) is 8.68. The lowest BCUT2D eigenvalue weighted by molar-refractivity contribution is 0.397. The third kappa shape index (κ3) is 1.56. The monoisotopic (exact) mass is 212 g/mol. The van der Waals surface area contributed by atoms with E-state index in [-0.39, 0.29) is 5.56 Å². The minimum absolute atomic E-state index is 0.0467. The van der Waals surface area contributed by atoms with Crippen molar-refractivity contribution in [1.82, 2.24) is 9.13 Å². The van der Waals surface area contributed by atoms with Crippen LogP contribution in [-0.2, 0) is 14.1 Å². The first kappa shape index (κ1) is 11.2. The van der Waals surface area contributed by atoms with Crippen LogP contribution in [0.5, 0.6) is 5.88 Å². The molecule has 1 rings (SSSR count). The van der Waals surface area contributed by atoms with E-state index in [1.54, 1.807) is 0 Å². The number of aromatic hydroxyl groups is 1. The Labute approximate surface area is 85.1 Å². The first-order valence-electron chi connectivity index (χ1n) is 4.27. The van der Waals surface area contributed by atoms with Gasteiger partial charge in [0.15, 0.2) is 0 Å². The molecule has 15 heavy (non-hydrogen) atoms. The molecule has 1 heterocycles. The number of aromatic nitrogens is 2. The van der Waals surface area contributed by atoms with Gasteiger partial charge in [-0.2, -0.15) is 5.11 Å². The Morgan fingerprint density at radius 3 is 2.33 bits per heavy atom. The molecule has 0 amide bonds. The third-order valence-corrected chi connectivity index (χ3v) is 2.28. The summed E-state index contributed by atoms with van der Waals surface area (Å²) in [5, 5.41) is 12.7. The smallest absolute Gasteiger partial charge is 0.333 e. The van der Waals surface area contributed by atoms with Crippen LogP contribution in [0.1, 0.15) is 18.5 Å². The van der Waals surface area contributed by atoms with Gasteiger partial charge in [0.25, 0.3) is 5.56 Å². The summed E-state index contributed by atoms with van der Waals surface area (Å²) in [6.45, 7) is 1.49. The fourth-order valence-electron chi connectivity index (χ4n) is 1.29. The van der Waals surface area contributed by atoms with E-state index in [1.807, 2.05) is 0 Å². The van der Waals surface area contributed by atoms with Crippen molar-refractivity contribution in [3.05, 3.63) is 26.4 Å². The SMILES string of the molecule is CC(N=N)c1c(O)n(C)c(=O)n(C)c1=O. The van der Waals surface area contributed by atoms with Crippen LogP contribution >= 0.6 is 0 Å². The zero-order chi connectivity index (χ0) is 11.7. The Kier molecular flexibility index (Phi) is 2.74. The highest BCUT2D eigenvalue weighted by molar-refractivity contribution is 5.26. The molecular formula is C8H12N4O3. The second-order valence-electron chi connectivity index (χ2n) is 3.25. The van der Waals surface area contributed by atoms with Gasteiger partial charge in [0.2, 0.25) is 5.88 Å². The topological polar surface area (TPSA) is 100 Å². The fraction of sp³-hybridized carbons (Fsp3) is 0.500. The van der Waals surface area contributed by atoms with E-state index in [0.717, 1.165) is 9.13 Å². The van der Waals surface area contributed by atoms with E-state index in [1.165, 1.54) is 21.0 Å². The van der Waals surface area contributed by atoms with Gasteiger partial charge in [0.1, 0.15) is 11.6 Å². The van der Waals surface area contributed by atoms with E-state index in [4.69, 9.17) is 5.53 Å².